The van der Waals surface area contributed by atoms with Gasteiger partial charge in [-0.25, -0.2) is 4.79 Å². The third-order valence-corrected chi connectivity index (χ3v) is 2.21. The number of aryl methyl sites for hydroxylation is 1. The monoisotopic (exact) mass is 216 g/mol. The first-order chi connectivity index (χ1) is 6.75. The summed E-state index contributed by atoms with van der Waals surface area (Å²) in [4.78, 5) is 10.7. The number of hydrogen-bond donors (Lipinski definition) is 1. The molecule has 0 saturated heterocycles. The van der Waals surface area contributed by atoms with E-state index < -0.39 is 5.97 Å². The highest BCUT2D eigenvalue weighted by Gasteiger charge is 2.08. The first-order valence-corrected chi connectivity index (χ1v) is 5.10. The molecule has 0 bridgehead atoms. The number of hydrogen-bond acceptors (Lipinski definition) is 2. The van der Waals surface area contributed by atoms with Crippen LogP contribution in [-0.4, -0.2) is 26.7 Å². The lowest BCUT2D eigenvalue weighted by Gasteiger charge is -2.03. The van der Waals surface area contributed by atoms with Gasteiger partial charge in [0.05, 0.1) is 0 Å². The van der Waals surface area contributed by atoms with Gasteiger partial charge in [-0.15, -0.1) is 11.6 Å². The van der Waals surface area contributed by atoms with Gasteiger partial charge in [0.15, 0.2) is 0 Å². The van der Waals surface area contributed by atoms with Crippen LogP contribution in [-0.2, 0) is 6.54 Å². The van der Waals surface area contributed by atoms with Gasteiger partial charge in [0.25, 0.3) is 0 Å². The molecular formula is C9H13ClN2O2. The molecule has 0 unspecified atom stereocenters. The quantitative estimate of drug-likeness (QED) is 0.585. The highest BCUT2D eigenvalue weighted by molar-refractivity contribution is 6.17. The molecular weight excluding hydrogens is 204 g/mol. The van der Waals surface area contributed by atoms with E-state index in [4.69, 9.17) is 16.7 Å². The number of carbonyl (C=O) groups is 1. The summed E-state index contributed by atoms with van der Waals surface area (Å²) in [5.74, 6) is -0.273. The van der Waals surface area contributed by atoms with E-state index >= 15 is 0 Å². The molecule has 0 aliphatic carbocycles. The van der Waals surface area contributed by atoms with Crippen molar-refractivity contribution in [2.24, 2.45) is 0 Å². The summed E-state index contributed by atoms with van der Waals surface area (Å²) in [6, 6.07) is 1.50. The predicted molar refractivity (Wildman–Crippen MR) is 53.8 cm³/mol. The van der Waals surface area contributed by atoms with Gasteiger partial charge in [-0.2, -0.15) is 5.10 Å². The summed E-state index contributed by atoms with van der Waals surface area (Å²) < 4.78 is 1.51. The first-order valence-electron chi connectivity index (χ1n) is 4.57. The fourth-order valence-electron chi connectivity index (χ4n) is 1.23. The molecule has 78 valence electrons. The number of unbranched alkanes of at least 4 members (excludes halogenated alkanes) is 2. The minimum atomic E-state index is -0.931. The SMILES string of the molecule is O=C(O)c1ccnn1CCCCCCl. The van der Waals surface area contributed by atoms with Crippen molar-refractivity contribution in [3.05, 3.63) is 18.0 Å². The number of nitrogens with zero attached hydrogens (tertiary/aromatic N) is 2. The largest absolute Gasteiger partial charge is 0.477 e. The summed E-state index contributed by atoms with van der Waals surface area (Å²) >= 11 is 5.53. The Morgan fingerprint density at radius 1 is 1.50 bits per heavy atom. The van der Waals surface area contributed by atoms with Crippen LogP contribution < -0.4 is 0 Å². The number of carboxylic acids is 1. The second-order valence-corrected chi connectivity index (χ2v) is 3.37. The molecule has 0 aliphatic heterocycles. The van der Waals surface area contributed by atoms with Crippen LogP contribution in [0.15, 0.2) is 12.3 Å². The van der Waals surface area contributed by atoms with Gasteiger partial charge in [0.1, 0.15) is 5.69 Å². The van der Waals surface area contributed by atoms with Gasteiger partial charge in [0, 0.05) is 18.6 Å². The van der Waals surface area contributed by atoms with E-state index in [9.17, 15) is 4.79 Å². The predicted octanol–water partition coefficient (Wildman–Crippen LogP) is 1.99. The Labute approximate surface area is 87.5 Å². The highest BCUT2D eigenvalue weighted by Crippen LogP contribution is 2.03. The Morgan fingerprint density at radius 2 is 2.29 bits per heavy atom. The molecule has 0 spiro atoms. The summed E-state index contributed by atoms with van der Waals surface area (Å²) in [7, 11) is 0. The summed E-state index contributed by atoms with van der Waals surface area (Å²) in [5.41, 5.74) is 0.246. The van der Waals surface area contributed by atoms with Crippen molar-refractivity contribution in [2.45, 2.75) is 25.8 Å². The Balaban J connectivity index is 2.42. The molecule has 1 N–H and O–H groups in total. The van der Waals surface area contributed by atoms with Gasteiger partial charge < -0.3 is 5.11 Å². The van der Waals surface area contributed by atoms with Crippen molar-refractivity contribution >= 4 is 17.6 Å². The average Bonchev–Trinajstić information content (AvgIpc) is 2.60. The van der Waals surface area contributed by atoms with Crippen molar-refractivity contribution in [1.29, 1.82) is 0 Å². The fourth-order valence-corrected chi connectivity index (χ4v) is 1.41. The van der Waals surface area contributed by atoms with Crippen LogP contribution in [0.4, 0.5) is 0 Å². The number of aromatic nitrogens is 2. The smallest absolute Gasteiger partial charge is 0.354 e. The average molecular weight is 217 g/mol. The van der Waals surface area contributed by atoms with Crippen molar-refractivity contribution < 1.29 is 9.90 Å². The van der Waals surface area contributed by atoms with Crippen LogP contribution >= 0.6 is 11.6 Å². The number of aromatic carboxylic acids is 1. The van der Waals surface area contributed by atoms with Gasteiger partial charge in [0.2, 0.25) is 0 Å². The lowest BCUT2D eigenvalue weighted by Crippen LogP contribution is -2.10. The van der Waals surface area contributed by atoms with E-state index in [2.05, 4.69) is 5.10 Å². The van der Waals surface area contributed by atoms with Gasteiger partial charge in [-0.05, 0) is 18.9 Å². The first kappa shape index (κ1) is 11.0. The molecule has 0 amide bonds. The highest BCUT2D eigenvalue weighted by atomic mass is 35.5. The van der Waals surface area contributed by atoms with Crippen molar-refractivity contribution in [1.82, 2.24) is 9.78 Å². The molecule has 0 aromatic carbocycles. The topological polar surface area (TPSA) is 55.1 Å². The zero-order chi connectivity index (χ0) is 10.4. The van der Waals surface area contributed by atoms with E-state index in [1.165, 1.54) is 16.9 Å². The second kappa shape index (κ2) is 5.65. The Morgan fingerprint density at radius 3 is 2.93 bits per heavy atom. The number of halogens is 1. The van der Waals surface area contributed by atoms with Crippen molar-refractivity contribution in [3.63, 3.8) is 0 Å². The minimum absolute atomic E-state index is 0.246. The number of carboxylic acid groups (broad SMARTS) is 1. The molecule has 0 saturated carbocycles. The maximum Gasteiger partial charge on any atom is 0.354 e. The summed E-state index contributed by atoms with van der Waals surface area (Å²) in [6.45, 7) is 0.644. The van der Waals surface area contributed by atoms with Crippen LogP contribution in [0.1, 0.15) is 29.8 Å². The standard InChI is InChI=1S/C9H13ClN2O2/c10-5-2-1-3-7-12-8(9(13)14)4-6-11-12/h4,6H,1-3,5,7H2,(H,13,14). The van der Waals surface area contributed by atoms with E-state index in [0.29, 0.717) is 12.4 Å². The molecule has 0 fully saturated rings. The van der Waals surface area contributed by atoms with Gasteiger partial charge in [-0.3, -0.25) is 4.68 Å². The maximum absolute atomic E-state index is 10.7. The normalized spacial score (nSPS) is 10.4. The summed E-state index contributed by atoms with van der Waals surface area (Å²) in [5, 5.41) is 12.7. The Bertz CT molecular complexity index is 299. The molecule has 5 heteroatoms. The van der Waals surface area contributed by atoms with Gasteiger partial charge >= 0.3 is 5.97 Å². The number of alkyl halides is 1. The lowest BCUT2D eigenvalue weighted by molar-refractivity contribution is 0.0683. The third-order valence-electron chi connectivity index (χ3n) is 1.94. The number of rotatable bonds is 6. The van der Waals surface area contributed by atoms with E-state index in [1.54, 1.807) is 0 Å². The Hall–Kier alpha value is -1.03. The van der Waals surface area contributed by atoms with Crippen molar-refractivity contribution in [2.75, 3.05) is 5.88 Å². The zero-order valence-electron chi connectivity index (χ0n) is 7.82. The molecule has 4 nitrogen and oxygen atoms in total. The molecule has 1 aromatic rings. The molecule has 1 heterocycles. The lowest BCUT2D eigenvalue weighted by atomic mass is 10.2. The minimum Gasteiger partial charge on any atom is -0.477 e. The molecule has 0 atom stereocenters. The fraction of sp³-hybridized carbons (Fsp3) is 0.556. The zero-order valence-corrected chi connectivity index (χ0v) is 8.57. The van der Waals surface area contributed by atoms with E-state index in [0.717, 1.165) is 19.3 Å². The second-order valence-electron chi connectivity index (χ2n) is 2.99. The van der Waals surface area contributed by atoms with Crippen LogP contribution in [0.5, 0.6) is 0 Å². The molecule has 0 radical (unpaired) electrons. The van der Waals surface area contributed by atoms with E-state index in [-0.39, 0.29) is 5.69 Å². The molecule has 14 heavy (non-hydrogen) atoms. The van der Waals surface area contributed by atoms with Crippen LogP contribution in [0, 0.1) is 0 Å². The Kier molecular flexibility index (Phi) is 4.46. The maximum atomic E-state index is 10.7. The van der Waals surface area contributed by atoms with Crippen LogP contribution in [0.3, 0.4) is 0 Å². The van der Waals surface area contributed by atoms with Crippen LogP contribution in [0.25, 0.3) is 0 Å². The third kappa shape index (κ3) is 3.03. The van der Waals surface area contributed by atoms with Crippen molar-refractivity contribution in [3.8, 4) is 0 Å². The summed E-state index contributed by atoms with van der Waals surface area (Å²) in [6.07, 6.45) is 4.38. The van der Waals surface area contributed by atoms with Crippen LogP contribution in [0.2, 0.25) is 0 Å². The molecule has 0 aliphatic rings. The molecule has 1 rings (SSSR count). The van der Waals surface area contributed by atoms with E-state index in [1.807, 2.05) is 0 Å². The van der Waals surface area contributed by atoms with Gasteiger partial charge in [-0.1, -0.05) is 6.42 Å². The molecule has 1 aromatic heterocycles.